The van der Waals surface area contributed by atoms with E-state index in [4.69, 9.17) is 0 Å². The van der Waals surface area contributed by atoms with Crippen LogP contribution in [0.15, 0.2) is 0 Å². The van der Waals surface area contributed by atoms with Crippen LogP contribution in [0.3, 0.4) is 0 Å². The van der Waals surface area contributed by atoms with Crippen molar-refractivity contribution in [3.05, 3.63) is 0 Å². The van der Waals surface area contributed by atoms with Crippen molar-refractivity contribution in [3.8, 4) is 0 Å². The van der Waals surface area contributed by atoms with E-state index in [-0.39, 0.29) is 11.3 Å². The summed E-state index contributed by atoms with van der Waals surface area (Å²) in [5, 5.41) is 0. The Bertz CT molecular complexity index is 136. The molecule has 1 saturated carbocycles. The van der Waals surface area contributed by atoms with Crippen LogP contribution in [-0.4, -0.2) is 24.9 Å². The maximum Gasteiger partial charge on any atom is 0.227 e. The summed E-state index contributed by atoms with van der Waals surface area (Å²) in [7, 11) is 3.62. The molecule has 0 aromatic carbocycles. The summed E-state index contributed by atoms with van der Waals surface area (Å²) in [6.07, 6.45) is 2.15. The Hall–Kier alpha value is -0.530. The number of amides is 1. The van der Waals surface area contributed by atoms with Gasteiger partial charge in [0, 0.05) is 19.5 Å². The molecular formula is C7H13NO. The fraction of sp³-hybridized carbons (Fsp3) is 0.857. The lowest BCUT2D eigenvalue weighted by molar-refractivity contribution is -0.133. The second kappa shape index (κ2) is 1.72. The molecular weight excluding hydrogens is 114 g/mol. The minimum Gasteiger partial charge on any atom is -0.348 e. The van der Waals surface area contributed by atoms with E-state index in [1.54, 1.807) is 4.90 Å². The molecule has 0 radical (unpaired) electrons. The number of rotatable bonds is 1. The lowest BCUT2D eigenvalue weighted by Crippen LogP contribution is -2.28. The number of carbonyl (C=O) groups excluding carboxylic acids is 1. The van der Waals surface area contributed by atoms with Gasteiger partial charge in [-0.15, -0.1) is 0 Å². The summed E-state index contributed by atoms with van der Waals surface area (Å²) in [6.45, 7) is 2.02. The monoisotopic (exact) mass is 127 g/mol. The van der Waals surface area contributed by atoms with Crippen LogP contribution in [0.1, 0.15) is 19.8 Å². The molecule has 1 fully saturated rings. The van der Waals surface area contributed by atoms with Crippen LogP contribution in [0.5, 0.6) is 0 Å². The number of carbonyl (C=O) groups is 1. The van der Waals surface area contributed by atoms with Crippen molar-refractivity contribution < 1.29 is 4.79 Å². The molecule has 0 bridgehead atoms. The molecule has 2 heteroatoms. The summed E-state index contributed by atoms with van der Waals surface area (Å²) in [5.74, 6) is 0.280. The molecule has 0 saturated heterocycles. The first-order chi connectivity index (χ1) is 4.06. The van der Waals surface area contributed by atoms with Crippen LogP contribution in [0, 0.1) is 5.41 Å². The van der Waals surface area contributed by atoms with Crippen molar-refractivity contribution in [1.29, 1.82) is 0 Å². The molecule has 0 unspecified atom stereocenters. The van der Waals surface area contributed by atoms with Gasteiger partial charge in [0.2, 0.25) is 5.91 Å². The van der Waals surface area contributed by atoms with Gasteiger partial charge in [0.15, 0.2) is 0 Å². The lowest BCUT2D eigenvalue weighted by atomic mass is 10.1. The van der Waals surface area contributed by atoms with Gasteiger partial charge in [-0.2, -0.15) is 0 Å². The topological polar surface area (TPSA) is 20.3 Å². The first kappa shape index (κ1) is 6.59. The zero-order chi connectivity index (χ0) is 7.07. The highest BCUT2D eigenvalue weighted by molar-refractivity contribution is 5.84. The molecule has 0 N–H and O–H groups in total. The normalized spacial score (nSPS) is 21.2. The van der Waals surface area contributed by atoms with E-state index < -0.39 is 0 Å². The van der Waals surface area contributed by atoms with E-state index in [0.29, 0.717) is 0 Å². The number of hydrogen-bond donors (Lipinski definition) is 0. The standard InChI is InChI=1S/C7H13NO/c1-7(4-5-7)6(9)8(2)3/h4-5H2,1-3H3. The summed E-state index contributed by atoms with van der Waals surface area (Å²) >= 11 is 0. The van der Waals surface area contributed by atoms with Gasteiger partial charge < -0.3 is 4.90 Å². The minimum atomic E-state index is 0.0174. The van der Waals surface area contributed by atoms with Gasteiger partial charge in [-0.3, -0.25) is 4.79 Å². The van der Waals surface area contributed by atoms with Gasteiger partial charge in [-0.25, -0.2) is 0 Å². The molecule has 1 aliphatic rings. The van der Waals surface area contributed by atoms with E-state index in [1.165, 1.54) is 0 Å². The molecule has 0 atom stereocenters. The van der Waals surface area contributed by atoms with Crippen LogP contribution >= 0.6 is 0 Å². The second-order valence-corrected chi connectivity index (χ2v) is 3.26. The predicted octanol–water partition coefficient (Wildman–Crippen LogP) is 0.875. The SMILES string of the molecule is CN(C)C(=O)C1(C)CC1. The average molecular weight is 127 g/mol. The van der Waals surface area contributed by atoms with Crippen molar-refractivity contribution in [2.75, 3.05) is 14.1 Å². The van der Waals surface area contributed by atoms with Gasteiger partial charge in [0.05, 0.1) is 0 Å². The highest BCUT2D eigenvalue weighted by Crippen LogP contribution is 2.45. The van der Waals surface area contributed by atoms with E-state index >= 15 is 0 Å². The number of hydrogen-bond acceptors (Lipinski definition) is 1. The third-order valence-corrected chi connectivity index (χ3v) is 1.92. The van der Waals surface area contributed by atoms with Gasteiger partial charge >= 0.3 is 0 Å². The maximum absolute atomic E-state index is 11.2. The third kappa shape index (κ3) is 1.07. The van der Waals surface area contributed by atoms with Crippen molar-refractivity contribution in [3.63, 3.8) is 0 Å². The molecule has 2 nitrogen and oxygen atoms in total. The summed E-state index contributed by atoms with van der Waals surface area (Å²) in [4.78, 5) is 12.8. The van der Waals surface area contributed by atoms with E-state index in [0.717, 1.165) is 12.8 Å². The van der Waals surface area contributed by atoms with Crippen LogP contribution in [-0.2, 0) is 4.79 Å². The average Bonchev–Trinajstić information content (AvgIpc) is 2.47. The summed E-state index contributed by atoms with van der Waals surface area (Å²) < 4.78 is 0. The molecule has 1 amide bonds. The lowest BCUT2D eigenvalue weighted by Gasteiger charge is -2.14. The van der Waals surface area contributed by atoms with Gasteiger partial charge in [0.25, 0.3) is 0 Å². The minimum absolute atomic E-state index is 0.0174. The zero-order valence-electron chi connectivity index (χ0n) is 6.27. The Balaban J connectivity index is 2.53. The molecule has 0 aliphatic heterocycles. The molecule has 9 heavy (non-hydrogen) atoms. The van der Waals surface area contributed by atoms with Crippen LogP contribution in [0.2, 0.25) is 0 Å². The second-order valence-electron chi connectivity index (χ2n) is 3.26. The Kier molecular flexibility index (Phi) is 1.26. The van der Waals surface area contributed by atoms with Crippen molar-refractivity contribution in [2.24, 2.45) is 5.41 Å². The first-order valence-corrected chi connectivity index (χ1v) is 3.28. The summed E-state index contributed by atoms with van der Waals surface area (Å²) in [5.41, 5.74) is 0.0174. The van der Waals surface area contributed by atoms with Gasteiger partial charge in [-0.1, -0.05) is 6.92 Å². The molecule has 0 heterocycles. The van der Waals surface area contributed by atoms with E-state index in [9.17, 15) is 4.79 Å². The smallest absolute Gasteiger partial charge is 0.227 e. The Morgan fingerprint density at radius 1 is 1.44 bits per heavy atom. The van der Waals surface area contributed by atoms with Gasteiger partial charge in [-0.05, 0) is 12.8 Å². The molecule has 1 rings (SSSR count). The molecule has 0 aromatic heterocycles. The highest BCUT2D eigenvalue weighted by Gasteiger charge is 2.45. The van der Waals surface area contributed by atoms with Crippen LogP contribution < -0.4 is 0 Å². The summed E-state index contributed by atoms with van der Waals surface area (Å²) in [6, 6.07) is 0. The Morgan fingerprint density at radius 3 is 2.00 bits per heavy atom. The maximum atomic E-state index is 11.2. The largest absolute Gasteiger partial charge is 0.348 e. The van der Waals surface area contributed by atoms with E-state index in [1.807, 2.05) is 21.0 Å². The molecule has 0 aromatic rings. The third-order valence-electron chi connectivity index (χ3n) is 1.92. The number of nitrogens with zero attached hydrogens (tertiary/aromatic N) is 1. The van der Waals surface area contributed by atoms with Crippen molar-refractivity contribution in [2.45, 2.75) is 19.8 Å². The van der Waals surface area contributed by atoms with Crippen molar-refractivity contribution in [1.82, 2.24) is 4.90 Å². The molecule has 52 valence electrons. The van der Waals surface area contributed by atoms with Crippen molar-refractivity contribution >= 4 is 5.91 Å². The van der Waals surface area contributed by atoms with Crippen LogP contribution in [0.25, 0.3) is 0 Å². The Labute approximate surface area is 55.8 Å². The quantitative estimate of drug-likeness (QED) is 0.512. The molecule has 1 aliphatic carbocycles. The first-order valence-electron chi connectivity index (χ1n) is 3.28. The van der Waals surface area contributed by atoms with Crippen LogP contribution in [0.4, 0.5) is 0 Å². The van der Waals surface area contributed by atoms with Gasteiger partial charge in [0.1, 0.15) is 0 Å². The zero-order valence-corrected chi connectivity index (χ0v) is 6.27. The molecule has 0 spiro atoms. The fourth-order valence-corrected chi connectivity index (χ4v) is 0.941. The van der Waals surface area contributed by atoms with E-state index in [2.05, 4.69) is 0 Å². The Morgan fingerprint density at radius 2 is 1.89 bits per heavy atom. The highest BCUT2D eigenvalue weighted by atomic mass is 16.2. The predicted molar refractivity (Wildman–Crippen MR) is 36.0 cm³/mol. The fourth-order valence-electron chi connectivity index (χ4n) is 0.941.